The molecule has 0 aromatic heterocycles. The Morgan fingerprint density at radius 2 is 0.845 bits per heavy atom. The number of Topliss-reactive ketones (excluding diaryl/α,β-unsaturated/α-hetero) is 1. The number of ether oxygens (including phenoxy) is 1. The summed E-state index contributed by atoms with van der Waals surface area (Å²) in [6.45, 7) is -6.09. The zero-order chi connectivity index (χ0) is 78.4. The summed E-state index contributed by atoms with van der Waals surface area (Å²) in [7, 11) is -29.8. The van der Waals surface area contributed by atoms with Crippen molar-refractivity contribution < 1.29 is 136 Å². The van der Waals surface area contributed by atoms with Gasteiger partial charge in [-0.3, -0.25) is 42.1 Å². The molecule has 2 aliphatic rings. The number of aliphatic hydroxyl groups excluding tert-OH is 1. The van der Waals surface area contributed by atoms with Crippen molar-refractivity contribution in [3.63, 3.8) is 0 Å². The van der Waals surface area contributed by atoms with Gasteiger partial charge in [-0.15, -0.1) is 0 Å². The van der Waals surface area contributed by atoms with Crippen LogP contribution in [0.4, 0.5) is 0 Å². The average molecular weight is 1650 g/mol. The Labute approximate surface area is 636 Å². The van der Waals surface area contributed by atoms with Gasteiger partial charge < -0.3 is 98.4 Å². The fraction of sp³-hybridized carbons (Fsp3) is 0.384. The molecule has 110 heavy (non-hydrogen) atoms. The van der Waals surface area contributed by atoms with Crippen LogP contribution in [0.2, 0.25) is 0 Å². The Bertz CT molecular complexity index is 5110. The lowest BCUT2D eigenvalue weighted by atomic mass is 9.79. The molecule has 12 rings (SSSR count). The molecular formula is C73H78NO29P6S-7. The molecule has 7 atom stereocenters. The van der Waals surface area contributed by atoms with Crippen LogP contribution >= 0.6 is 58.7 Å². The Kier molecular flexibility index (Phi) is 29.5. The van der Waals surface area contributed by atoms with Crippen LogP contribution in [-0.4, -0.2) is 138 Å². The molecule has 30 nitrogen and oxygen atoms in total. The van der Waals surface area contributed by atoms with E-state index in [1.807, 2.05) is 91.0 Å². The SMILES string of the molecule is CSCCOP(=O)([O-])OCCOP(=O)([O-])OCCOP(=O)([O-])OCC(CO)Cc1ccc2c3cccc4cccc(c5cccc1c52)c43.O=C(CCCOP(=O)([O-])OCCOCCOP(=O)([O-])OC(COP(=O)([O-])[O-])Cc1ccc2c3cccc4cccc(c5cccc1c52)c43)C1CCC(CN2C(=O)C=CC2=O)CC1. The van der Waals surface area contributed by atoms with E-state index in [2.05, 4.69) is 59.0 Å². The summed E-state index contributed by atoms with van der Waals surface area (Å²) in [4.78, 5) is 121. The van der Waals surface area contributed by atoms with Crippen LogP contribution in [0.1, 0.15) is 49.7 Å². The van der Waals surface area contributed by atoms with Gasteiger partial charge in [0.2, 0.25) is 0 Å². The number of carbonyl (C=O) groups excluding carboxylic acids is 3. The number of aliphatic hydroxyl groups is 1. The number of benzene rings is 10. The van der Waals surface area contributed by atoms with Crippen LogP contribution < -0.4 is 34.3 Å². The third-order valence-corrected chi connectivity index (χ3v) is 24.8. The maximum Gasteiger partial charge on any atom is 0.268 e. The molecule has 10 aromatic rings. The molecule has 1 heterocycles. The Hall–Kier alpha value is -5.72. The number of fused-ring (bicyclic) bond motifs is 4. The molecule has 7 unspecified atom stereocenters. The molecule has 1 aliphatic carbocycles. The first-order chi connectivity index (χ1) is 52.5. The fourth-order valence-corrected chi connectivity index (χ4v) is 18.3. The zero-order valence-electron chi connectivity index (χ0n) is 59.3. The summed E-state index contributed by atoms with van der Waals surface area (Å²) < 4.78 is 129. The van der Waals surface area contributed by atoms with E-state index in [9.17, 15) is 81.1 Å². The smallest absolute Gasteiger partial charge is 0.268 e. The van der Waals surface area contributed by atoms with E-state index in [1.54, 1.807) is 12.3 Å². The van der Waals surface area contributed by atoms with Crippen LogP contribution in [0.15, 0.2) is 146 Å². The third kappa shape index (κ3) is 22.8. The summed E-state index contributed by atoms with van der Waals surface area (Å²) in [5.74, 6) is -0.895. The Morgan fingerprint density at radius 3 is 1.30 bits per heavy atom. The predicted molar refractivity (Wildman–Crippen MR) is 398 cm³/mol. The molecule has 1 fully saturated rings. The number of rotatable bonds is 43. The third-order valence-electron chi connectivity index (χ3n) is 18.7. The summed E-state index contributed by atoms with van der Waals surface area (Å²) in [5.41, 5.74) is 1.52. The second-order valence-electron chi connectivity index (χ2n) is 26.1. The molecule has 0 radical (unpaired) electrons. The number of hydrogen-bond donors (Lipinski definition) is 1. The fourth-order valence-electron chi connectivity index (χ4n) is 13.9. The van der Waals surface area contributed by atoms with Gasteiger partial charge in [-0.1, -0.05) is 133 Å². The topological polar surface area (TPSA) is 449 Å². The number of imide groups is 1. The number of thioether (sulfide) groups is 1. The van der Waals surface area contributed by atoms with E-state index in [1.165, 1.54) is 34.2 Å². The van der Waals surface area contributed by atoms with Crippen molar-refractivity contribution in [2.75, 3.05) is 104 Å². The van der Waals surface area contributed by atoms with E-state index >= 15 is 0 Å². The maximum atomic E-state index is 12.9. The molecule has 0 spiro atoms. The van der Waals surface area contributed by atoms with Crippen molar-refractivity contribution in [3.8, 4) is 0 Å². The van der Waals surface area contributed by atoms with E-state index in [4.69, 9.17) is 31.9 Å². The first-order valence-electron chi connectivity index (χ1n) is 35.1. The van der Waals surface area contributed by atoms with Crippen LogP contribution in [0.5, 0.6) is 0 Å². The largest absolute Gasteiger partial charge is 0.790 e. The minimum Gasteiger partial charge on any atom is -0.790 e. The summed E-state index contributed by atoms with van der Waals surface area (Å²) >= 11 is 1.37. The molecule has 1 saturated carbocycles. The summed E-state index contributed by atoms with van der Waals surface area (Å²) in [6, 6.07) is 44.1. The molecule has 2 amide bonds. The van der Waals surface area contributed by atoms with Crippen molar-refractivity contribution >= 4 is 162 Å². The second kappa shape index (κ2) is 38.2. The van der Waals surface area contributed by atoms with E-state index < -0.39 is 105 Å². The van der Waals surface area contributed by atoms with Gasteiger partial charge in [0, 0.05) is 55.7 Å². The first-order valence-corrected chi connectivity index (χ1v) is 45.3. The minimum atomic E-state index is -5.51. The number of carbonyl (C=O) groups is 3. The number of nitrogens with zero attached hydrogens (tertiary/aromatic N) is 1. The Morgan fingerprint density at radius 1 is 0.455 bits per heavy atom. The number of amides is 2. The normalized spacial score (nSPS) is 18.5. The highest BCUT2D eigenvalue weighted by atomic mass is 32.2. The molecule has 37 heteroatoms. The van der Waals surface area contributed by atoms with Gasteiger partial charge in [0.1, 0.15) is 5.78 Å². The van der Waals surface area contributed by atoms with Gasteiger partial charge >= 0.3 is 0 Å². The predicted octanol–water partition coefficient (Wildman–Crippen LogP) is 9.35. The van der Waals surface area contributed by atoms with Crippen molar-refractivity contribution in [1.29, 1.82) is 0 Å². The maximum absolute atomic E-state index is 12.9. The Balaban J connectivity index is 0.000000226. The van der Waals surface area contributed by atoms with Gasteiger partial charge in [-0.25, -0.2) is 0 Å². The quantitative estimate of drug-likeness (QED) is 0.0122. The minimum absolute atomic E-state index is 0.00962. The highest BCUT2D eigenvalue weighted by Gasteiger charge is 2.32. The van der Waals surface area contributed by atoms with E-state index in [0.29, 0.717) is 50.0 Å². The number of phosphoric acid groups is 6. The van der Waals surface area contributed by atoms with Crippen LogP contribution in [0.25, 0.3) is 86.2 Å². The highest BCUT2D eigenvalue weighted by Crippen LogP contribution is 2.48. The molecule has 1 N–H and O–H groups in total. The van der Waals surface area contributed by atoms with Gasteiger partial charge in [-0.05, 0) is 148 Å². The summed E-state index contributed by atoms with van der Waals surface area (Å²) in [5, 5.41) is 26.9. The first kappa shape index (κ1) is 85.2. The number of phosphoric ester groups is 6. The molecule has 0 saturated heterocycles. The van der Waals surface area contributed by atoms with Crippen LogP contribution in [0.3, 0.4) is 0 Å². The number of ketones is 1. The lowest BCUT2D eigenvalue weighted by molar-refractivity contribution is -0.343. The molecule has 592 valence electrons. The molecule has 1 aliphatic heterocycles. The highest BCUT2D eigenvalue weighted by molar-refractivity contribution is 7.98. The van der Waals surface area contributed by atoms with Crippen LogP contribution in [0, 0.1) is 17.8 Å². The molecule has 0 bridgehead atoms. The van der Waals surface area contributed by atoms with E-state index in [-0.39, 0.29) is 88.3 Å². The monoisotopic (exact) mass is 1650 g/mol. The lowest BCUT2D eigenvalue weighted by Crippen LogP contribution is -2.36. The second-order valence-corrected chi connectivity index (χ2v) is 35.2. The van der Waals surface area contributed by atoms with E-state index in [0.717, 1.165) is 86.4 Å². The number of hydrogen-bond acceptors (Lipinski definition) is 30. The lowest BCUT2D eigenvalue weighted by Gasteiger charge is -2.33. The zero-order valence-corrected chi connectivity index (χ0v) is 65.5. The molecular weight excluding hydrogens is 1570 g/mol. The average Bonchev–Trinajstić information content (AvgIpc) is 0.829. The van der Waals surface area contributed by atoms with Crippen molar-refractivity contribution in [1.82, 2.24) is 4.90 Å². The standard InChI is InChI=1S/C42H48NO16P3.C31H37O13P3S/c44-38(29-14-12-28(13-15-29)26-43-39(45)18-19-40(43)46)11-4-20-55-61(50,51)56-23-21-54-22-24-57-62(52,53)59-32(27-58-60(47,48)49)25-31-16-17-37-35-9-2-6-30-5-1-8-34(41(30)35)36-10-3-7-33(31)42(36)37;1-48-18-17-43-46(35,36)41-14-13-39-45(33,34)40-15-16-42-47(37,38)44-21-22(20-32)19-24-11-12-29-27-9-3-6-23-5-2-8-26(30(23)27)28-10-4-7-25(24)31(28)29/h1-3,5-10,16-19,28-29,32H,4,11-15,20-27H2,(H,50,51)(H,52,53)(H2,47,48,49);2-12,22,32H,13-21H2,1H3,(H,33,34)(H,35,36)(H,37,38)/p-7. The van der Waals surface area contributed by atoms with Gasteiger partial charge in [0.15, 0.2) is 0 Å². The van der Waals surface area contributed by atoms with Crippen molar-refractivity contribution in [3.05, 3.63) is 157 Å². The van der Waals surface area contributed by atoms with Gasteiger partial charge in [0.05, 0.1) is 93.2 Å². The van der Waals surface area contributed by atoms with Gasteiger partial charge in [-0.2, -0.15) is 11.8 Å². The summed E-state index contributed by atoms with van der Waals surface area (Å²) in [6.07, 6.45) is 5.82. The molecule has 10 aromatic carbocycles. The van der Waals surface area contributed by atoms with Crippen molar-refractivity contribution in [2.24, 2.45) is 17.8 Å². The van der Waals surface area contributed by atoms with Crippen LogP contribution in [-0.2, 0) is 109 Å². The van der Waals surface area contributed by atoms with Gasteiger partial charge in [0.25, 0.3) is 50.9 Å². The van der Waals surface area contributed by atoms with Crippen molar-refractivity contribution in [2.45, 2.75) is 57.5 Å².